The van der Waals surface area contributed by atoms with Gasteiger partial charge in [-0.15, -0.1) is 0 Å². The summed E-state index contributed by atoms with van der Waals surface area (Å²) in [4.78, 5) is 7.53. The van der Waals surface area contributed by atoms with Crippen molar-refractivity contribution < 1.29 is 17.1 Å². The second-order valence-electron chi connectivity index (χ2n) is 6.86. The van der Waals surface area contributed by atoms with Crippen LogP contribution in [0.2, 0.25) is 38.3 Å². The van der Waals surface area contributed by atoms with Crippen LogP contribution in [0.4, 0.5) is 11.4 Å². The quantitative estimate of drug-likeness (QED) is 0.534. The molecule has 0 spiro atoms. The van der Waals surface area contributed by atoms with Crippen molar-refractivity contribution in [3.05, 3.63) is 48.5 Å². The Hall–Kier alpha value is -0.747. The van der Waals surface area contributed by atoms with Gasteiger partial charge < -0.3 is 9.96 Å². The minimum atomic E-state index is -1.37. The largest absolute Gasteiger partial charge is 0.464 e. The number of hydrogen-bond acceptors (Lipinski definition) is 2. The summed E-state index contributed by atoms with van der Waals surface area (Å²) in [6, 6.07) is 19.7. The van der Waals surface area contributed by atoms with E-state index in [2.05, 4.69) is 84.7 Å². The molecule has 0 unspecified atom stereocenters. The van der Waals surface area contributed by atoms with Gasteiger partial charge in [-0.1, -0.05) is 37.6 Å². The molecule has 2 aromatic carbocycles. The van der Waals surface area contributed by atoms with Gasteiger partial charge in [0.25, 0.3) is 0 Å². The summed E-state index contributed by atoms with van der Waals surface area (Å²) in [6.45, 7) is 9.69. The number of hydrogen-bond donors (Lipinski definition) is 2. The maximum absolute atomic E-state index is 3.76. The van der Waals surface area contributed by atoms with Crippen LogP contribution in [0.3, 0.4) is 0 Å². The molecule has 0 bridgehead atoms. The molecule has 0 aliphatic heterocycles. The molecule has 2 rings (SSSR count). The van der Waals surface area contributed by atoms with Crippen molar-refractivity contribution in [3.8, 4) is 0 Å². The first-order valence-electron chi connectivity index (χ1n) is 7.36. The van der Waals surface area contributed by atoms with Crippen molar-refractivity contribution >= 4 is 27.8 Å². The zero-order chi connectivity index (χ0) is 14.6. The van der Waals surface area contributed by atoms with Gasteiger partial charge in [-0.25, -0.2) is 24.3 Å². The van der Waals surface area contributed by atoms with Crippen molar-refractivity contribution in [2.75, 3.05) is 9.96 Å². The summed E-state index contributed by atoms with van der Waals surface area (Å²) in [5, 5.41) is 0. The van der Waals surface area contributed by atoms with Crippen LogP contribution in [-0.2, 0) is 17.1 Å². The zero-order valence-corrected chi connectivity index (χ0v) is 16.5. The normalized spacial score (nSPS) is 11.8. The molecule has 0 radical (unpaired) electrons. The van der Waals surface area contributed by atoms with Crippen molar-refractivity contribution in [1.29, 1.82) is 0 Å². The van der Waals surface area contributed by atoms with Crippen molar-refractivity contribution in [1.82, 2.24) is 0 Å². The minimum Gasteiger partial charge on any atom is -0.464 e. The first-order chi connectivity index (χ1) is 9.36. The third kappa shape index (κ3) is 6.26. The van der Waals surface area contributed by atoms with E-state index >= 15 is 0 Å². The van der Waals surface area contributed by atoms with E-state index in [1.54, 1.807) is 0 Å². The van der Waals surface area contributed by atoms with Gasteiger partial charge in [0.2, 0.25) is 0 Å². The molecule has 0 heterocycles. The van der Waals surface area contributed by atoms with Crippen molar-refractivity contribution in [2.24, 2.45) is 0 Å². The van der Waals surface area contributed by atoms with Crippen LogP contribution in [0.15, 0.2) is 48.5 Å². The zero-order valence-electron chi connectivity index (χ0n) is 13.4. The fraction of sp³-hybridized carbons (Fsp3) is 0.375. The number of rotatable bonds is 7. The van der Waals surface area contributed by atoms with E-state index in [4.69, 9.17) is 0 Å². The van der Waals surface area contributed by atoms with Gasteiger partial charge in [0.15, 0.2) is 0 Å². The first kappa shape index (κ1) is 18.3. The summed E-state index contributed by atoms with van der Waals surface area (Å²) >= 11 is 0. The summed E-state index contributed by atoms with van der Waals surface area (Å²) in [6.07, 6.45) is 0. The topological polar surface area (TPSA) is 24.1 Å². The Kier molecular flexibility index (Phi) is 6.53. The summed E-state index contributed by atoms with van der Waals surface area (Å²) in [7, 11) is -2.75. The van der Waals surface area contributed by atoms with E-state index in [1.165, 1.54) is 23.5 Å². The molecule has 0 saturated carbocycles. The monoisotopic (exact) mass is 358 g/mol. The van der Waals surface area contributed by atoms with Crippen LogP contribution in [-0.4, -0.2) is 16.5 Å². The van der Waals surface area contributed by atoms with Gasteiger partial charge in [-0.05, 0) is 12.1 Å². The summed E-state index contributed by atoms with van der Waals surface area (Å²) in [5.74, 6) is 0. The van der Waals surface area contributed by atoms with E-state index in [0.29, 0.717) is 0 Å². The second kappa shape index (κ2) is 7.50. The molecule has 0 aliphatic carbocycles. The first-order valence-corrected chi connectivity index (χ1v) is 13.8. The van der Waals surface area contributed by atoms with E-state index in [-0.39, 0.29) is 17.1 Å². The Labute approximate surface area is 141 Å². The molecule has 21 heavy (non-hydrogen) atoms. The third-order valence-electron chi connectivity index (χ3n) is 3.67. The molecule has 0 fully saturated rings. The molecule has 2 N–H and O–H groups in total. The Bertz CT molecular complexity index is 456. The predicted molar refractivity (Wildman–Crippen MR) is 95.9 cm³/mol. The Morgan fingerprint density at radius 2 is 0.952 bits per heavy atom. The van der Waals surface area contributed by atoms with E-state index in [9.17, 15) is 0 Å². The molecule has 2 nitrogen and oxygen atoms in total. The van der Waals surface area contributed by atoms with Gasteiger partial charge in [0.05, 0.1) is 0 Å². The van der Waals surface area contributed by atoms with Crippen LogP contribution < -0.4 is 9.96 Å². The average molecular weight is 358 g/mol. The third-order valence-corrected chi connectivity index (χ3v) is 9.10. The molecule has 2 aromatic rings. The minimum absolute atomic E-state index is 0. The van der Waals surface area contributed by atoms with E-state index in [0.717, 1.165) is 0 Å². The van der Waals surface area contributed by atoms with E-state index < -0.39 is 16.5 Å². The average Bonchev–Trinajstić information content (AvgIpc) is 2.99. The standard InChI is InChI=1S/C16H26N2Si2.Fe/c1-19(2,17-15-9-5-6-10-15)13-14-20(3,4)18-16-11-7-8-12-16;/h5-12,17-18H,13-14H2,1-4H3;/q-2;. The summed E-state index contributed by atoms with van der Waals surface area (Å²) < 4.78 is 0. The van der Waals surface area contributed by atoms with Crippen LogP contribution in [0.1, 0.15) is 0 Å². The fourth-order valence-electron chi connectivity index (χ4n) is 2.45. The molecule has 118 valence electrons. The van der Waals surface area contributed by atoms with Crippen molar-refractivity contribution in [2.45, 2.75) is 38.3 Å². The maximum Gasteiger partial charge on any atom is 0.135 e. The van der Waals surface area contributed by atoms with Gasteiger partial charge in [-0.3, -0.25) is 0 Å². The predicted octanol–water partition coefficient (Wildman–Crippen LogP) is 5.06. The van der Waals surface area contributed by atoms with Crippen molar-refractivity contribution in [3.63, 3.8) is 0 Å². The SMILES string of the molecule is C[Si](C)(CC[Si](C)(C)N[c-]1cccc1)N[c-]1cccc1.[Fe]. The molecule has 0 aromatic heterocycles. The smallest absolute Gasteiger partial charge is 0.135 e. The Balaban J connectivity index is 0.00000220. The Morgan fingerprint density at radius 1 is 0.667 bits per heavy atom. The molecule has 0 saturated heterocycles. The van der Waals surface area contributed by atoms with Gasteiger partial charge in [-0.2, -0.15) is 24.3 Å². The number of anilines is 2. The summed E-state index contributed by atoms with van der Waals surface area (Å²) in [5.41, 5.74) is 2.57. The fourth-order valence-corrected chi connectivity index (χ4v) is 9.59. The van der Waals surface area contributed by atoms with Crippen LogP contribution in [0.5, 0.6) is 0 Å². The molecule has 0 amide bonds. The molecular formula is C16H26FeN2Si2-2. The molecule has 0 atom stereocenters. The van der Waals surface area contributed by atoms with Gasteiger partial charge >= 0.3 is 0 Å². The maximum atomic E-state index is 3.76. The van der Waals surface area contributed by atoms with E-state index in [1.807, 2.05) is 0 Å². The molecule has 5 heteroatoms. The number of nitrogens with one attached hydrogen (secondary N) is 2. The Morgan fingerprint density at radius 3 is 1.24 bits per heavy atom. The molecular weight excluding hydrogens is 332 g/mol. The molecule has 0 aliphatic rings. The van der Waals surface area contributed by atoms with Gasteiger partial charge in [0, 0.05) is 17.1 Å². The second-order valence-corrected chi connectivity index (χ2v) is 15.9. The van der Waals surface area contributed by atoms with Crippen LogP contribution in [0.25, 0.3) is 0 Å². The van der Waals surface area contributed by atoms with Crippen LogP contribution >= 0.6 is 0 Å². The van der Waals surface area contributed by atoms with Gasteiger partial charge in [0.1, 0.15) is 16.5 Å². The van der Waals surface area contributed by atoms with Crippen LogP contribution in [0, 0.1) is 0 Å².